The molecule has 0 aliphatic carbocycles. The Kier molecular flexibility index (Phi) is 4.91. The Morgan fingerprint density at radius 2 is 1.74 bits per heavy atom. The zero-order valence-corrected chi connectivity index (χ0v) is 13.3. The van der Waals surface area contributed by atoms with Crippen LogP contribution < -0.4 is 10.5 Å². The Morgan fingerprint density at radius 1 is 1.11 bits per heavy atom. The highest BCUT2D eigenvalue weighted by molar-refractivity contribution is 9.10. The van der Waals surface area contributed by atoms with Crippen LogP contribution in [0.2, 0.25) is 0 Å². The predicted molar refractivity (Wildman–Crippen MR) is 85.0 cm³/mol. The number of benzene rings is 2. The van der Waals surface area contributed by atoms with E-state index >= 15 is 0 Å². The summed E-state index contributed by atoms with van der Waals surface area (Å²) >= 11 is 5.23. The third-order valence-electron chi connectivity index (χ3n) is 2.76. The first-order valence-corrected chi connectivity index (χ1v) is 7.99. The van der Waals surface area contributed by atoms with Gasteiger partial charge in [0.25, 0.3) is 0 Å². The average molecular weight is 338 g/mol. The van der Waals surface area contributed by atoms with Gasteiger partial charge < -0.3 is 10.5 Å². The third kappa shape index (κ3) is 3.75. The SMILES string of the molecule is CSc1ccc(Oc2ccc(C(C)N)c(Br)c2)cc1. The Balaban J connectivity index is 2.16. The number of halogens is 1. The largest absolute Gasteiger partial charge is 0.457 e. The summed E-state index contributed by atoms with van der Waals surface area (Å²) in [5, 5.41) is 0. The molecule has 0 amide bonds. The van der Waals surface area contributed by atoms with Gasteiger partial charge in [-0.25, -0.2) is 0 Å². The molecule has 0 aliphatic rings. The van der Waals surface area contributed by atoms with Gasteiger partial charge in [0.2, 0.25) is 0 Å². The van der Waals surface area contributed by atoms with E-state index in [1.807, 2.05) is 49.4 Å². The molecule has 2 aromatic carbocycles. The van der Waals surface area contributed by atoms with Crippen LogP contribution in [0, 0.1) is 0 Å². The topological polar surface area (TPSA) is 35.2 Å². The first kappa shape index (κ1) is 14.4. The molecule has 0 saturated heterocycles. The van der Waals surface area contributed by atoms with Crippen LogP contribution in [0.4, 0.5) is 0 Å². The molecule has 1 unspecified atom stereocenters. The summed E-state index contributed by atoms with van der Waals surface area (Å²) in [7, 11) is 0. The summed E-state index contributed by atoms with van der Waals surface area (Å²) in [6, 6.07) is 13.9. The van der Waals surface area contributed by atoms with Gasteiger partial charge in [0.05, 0.1) is 0 Å². The molecule has 100 valence electrons. The summed E-state index contributed by atoms with van der Waals surface area (Å²) < 4.78 is 6.79. The Bertz CT molecular complexity index is 555. The molecule has 0 aromatic heterocycles. The Hall–Kier alpha value is -0.970. The van der Waals surface area contributed by atoms with Gasteiger partial charge in [0, 0.05) is 15.4 Å². The van der Waals surface area contributed by atoms with Crippen LogP contribution in [0.3, 0.4) is 0 Å². The van der Waals surface area contributed by atoms with E-state index < -0.39 is 0 Å². The van der Waals surface area contributed by atoms with Gasteiger partial charge >= 0.3 is 0 Å². The fourth-order valence-corrected chi connectivity index (χ4v) is 2.85. The quantitative estimate of drug-likeness (QED) is 0.798. The molecule has 2 N–H and O–H groups in total. The van der Waals surface area contributed by atoms with Gasteiger partial charge in [-0.2, -0.15) is 0 Å². The molecule has 2 rings (SSSR count). The van der Waals surface area contributed by atoms with Crippen LogP contribution in [0.25, 0.3) is 0 Å². The first-order chi connectivity index (χ1) is 9.10. The van der Waals surface area contributed by atoms with Crippen molar-refractivity contribution in [2.24, 2.45) is 5.73 Å². The van der Waals surface area contributed by atoms with E-state index in [1.54, 1.807) is 11.8 Å². The number of ether oxygens (including phenoxy) is 1. The lowest BCUT2D eigenvalue weighted by Crippen LogP contribution is -2.05. The summed E-state index contributed by atoms with van der Waals surface area (Å²) in [5.74, 6) is 1.63. The predicted octanol–water partition coefficient (Wildman–Crippen LogP) is 4.98. The molecule has 2 aromatic rings. The van der Waals surface area contributed by atoms with Crippen LogP contribution in [0.5, 0.6) is 11.5 Å². The first-order valence-electron chi connectivity index (χ1n) is 5.97. The molecule has 0 fully saturated rings. The molecule has 0 spiro atoms. The van der Waals surface area contributed by atoms with Crippen molar-refractivity contribution in [3.63, 3.8) is 0 Å². The highest BCUT2D eigenvalue weighted by atomic mass is 79.9. The Morgan fingerprint density at radius 3 is 2.26 bits per heavy atom. The molecule has 0 aliphatic heterocycles. The van der Waals surface area contributed by atoms with E-state index in [4.69, 9.17) is 10.5 Å². The van der Waals surface area contributed by atoms with Gasteiger partial charge in [-0.3, -0.25) is 0 Å². The maximum atomic E-state index is 5.88. The molecule has 19 heavy (non-hydrogen) atoms. The van der Waals surface area contributed by atoms with E-state index in [-0.39, 0.29) is 6.04 Å². The lowest BCUT2D eigenvalue weighted by atomic mass is 10.1. The summed E-state index contributed by atoms with van der Waals surface area (Å²) in [6.45, 7) is 1.96. The normalized spacial score (nSPS) is 12.2. The van der Waals surface area contributed by atoms with Crippen molar-refractivity contribution < 1.29 is 4.74 Å². The number of rotatable bonds is 4. The highest BCUT2D eigenvalue weighted by Crippen LogP contribution is 2.30. The summed E-state index contributed by atoms with van der Waals surface area (Å²) in [6.07, 6.45) is 2.06. The second-order valence-electron chi connectivity index (χ2n) is 4.25. The average Bonchev–Trinajstić information content (AvgIpc) is 2.39. The molecule has 0 heterocycles. The summed E-state index contributed by atoms with van der Waals surface area (Å²) in [5.41, 5.74) is 6.95. The van der Waals surface area contributed by atoms with Gasteiger partial charge in [-0.05, 0) is 55.1 Å². The van der Waals surface area contributed by atoms with Gasteiger partial charge in [-0.15, -0.1) is 11.8 Å². The minimum Gasteiger partial charge on any atom is -0.457 e. The minimum absolute atomic E-state index is 0.00397. The van der Waals surface area contributed by atoms with E-state index in [9.17, 15) is 0 Å². The molecule has 1 atom stereocenters. The van der Waals surface area contributed by atoms with Crippen molar-refractivity contribution in [2.45, 2.75) is 17.9 Å². The number of nitrogens with two attached hydrogens (primary N) is 1. The number of thioether (sulfide) groups is 1. The van der Waals surface area contributed by atoms with Crippen molar-refractivity contribution in [3.8, 4) is 11.5 Å². The molecular formula is C15H16BrNOS. The van der Waals surface area contributed by atoms with E-state index in [0.717, 1.165) is 21.5 Å². The fourth-order valence-electron chi connectivity index (χ4n) is 1.72. The van der Waals surface area contributed by atoms with E-state index in [2.05, 4.69) is 22.2 Å². The summed E-state index contributed by atoms with van der Waals surface area (Å²) in [4.78, 5) is 1.22. The molecule has 2 nitrogen and oxygen atoms in total. The molecule has 0 bridgehead atoms. The fraction of sp³-hybridized carbons (Fsp3) is 0.200. The maximum absolute atomic E-state index is 5.88. The van der Waals surface area contributed by atoms with Crippen molar-refractivity contribution in [1.82, 2.24) is 0 Å². The second kappa shape index (κ2) is 6.46. The Labute approximate surface area is 126 Å². The zero-order valence-electron chi connectivity index (χ0n) is 10.9. The van der Waals surface area contributed by atoms with E-state index in [0.29, 0.717) is 0 Å². The van der Waals surface area contributed by atoms with Crippen LogP contribution >= 0.6 is 27.7 Å². The van der Waals surface area contributed by atoms with Gasteiger partial charge in [-0.1, -0.05) is 22.0 Å². The van der Waals surface area contributed by atoms with Crippen LogP contribution in [0.1, 0.15) is 18.5 Å². The van der Waals surface area contributed by atoms with Gasteiger partial charge in [0.15, 0.2) is 0 Å². The smallest absolute Gasteiger partial charge is 0.128 e. The number of hydrogen-bond donors (Lipinski definition) is 1. The van der Waals surface area contributed by atoms with Crippen LogP contribution in [-0.4, -0.2) is 6.26 Å². The number of hydrogen-bond acceptors (Lipinski definition) is 3. The lowest BCUT2D eigenvalue weighted by Gasteiger charge is -2.11. The molecule has 0 radical (unpaired) electrons. The van der Waals surface area contributed by atoms with Crippen molar-refractivity contribution in [3.05, 3.63) is 52.5 Å². The molecular weight excluding hydrogens is 322 g/mol. The standard InChI is InChI=1S/C15H16BrNOS/c1-10(17)14-8-5-12(9-15(14)16)18-11-3-6-13(19-2)7-4-11/h3-10H,17H2,1-2H3. The van der Waals surface area contributed by atoms with Crippen LogP contribution in [0.15, 0.2) is 51.8 Å². The lowest BCUT2D eigenvalue weighted by molar-refractivity contribution is 0.481. The van der Waals surface area contributed by atoms with Crippen molar-refractivity contribution >= 4 is 27.7 Å². The van der Waals surface area contributed by atoms with Gasteiger partial charge in [0.1, 0.15) is 11.5 Å². The monoisotopic (exact) mass is 337 g/mol. The van der Waals surface area contributed by atoms with Crippen molar-refractivity contribution in [2.75, 3.05) is 6.26 Å². The van der Waals surface area contributed by atoms with Crippen molar-refractivity contribution in [1.29, 1.82) is 0 Å². The zero-order chi connectivity index (χ0) is 13.8. The second-order valence-corrected chi connectivity index (χ2v) is 5.98. The van der Waals surface area contributed by atoms with E-state index in [1.165, 1.54) is 4.90 Å². The molecule has 0 saturated carbocycles. The highest BCUT2D eigenvalue weighted by Gasteiger charge is 2.06. The van der Waals surface area contributed by atoms with Crippen LogP contribution in [-0.2, 0) is 0 Å². The molecule has 4 heteroatoms. The minimum atomic E-state index is 0.00397. The third-order valence-corrected chi connectivity index (χ3v) is 4.19. The maximum Gasteiger partial charge on any atom is 0.128 e.